The van der Waals surface area contributed by atoms with Gasteiger partial charge >= 0.3 is 0 Å². The number of rotatable bonds is 7. The lowest BCUT2D eigenvalue weighted by Crippen LogP contribution is -2.22. The molecule has 2 rings (SSSR count). The van der Waals surface area contributed by atoms with Gasteiger partial charge < -0.3 is 9.73 Å². The second-order valence-electron chi connectivity index (χ2n) is 4.67. The van der Waals surface area contributed by atoms with Gasteiger partial charge in [0.2, 0.25) is 0 Å². The van der Waals surface area contributed by atoms with Crippen molar-refractivity contribution in [3.05, 3.63) is 58.5 Å². The Morgan fingerprint density at radius 3 is 2.58 bits per heavy atom. The highest BCUT2D eigenvalue weighted by Crippen LogP contribution is 2.24. The average molecular weight is 322 g/mol. The van der Waals surface area contributed by atoms with Gasteiger partial charge in [0.1, 0.15) is 5.76 Å². The summed E-state index contributed by atoms with van der Waals surface area (Å²) in [5, 5.41) is 3.55. The Morgan fingerprint density at radius 1 is 1.16 bits per heavy atom. The molecule has 2 aromatic rings. The van der Waals surface area contributed by atoms with Crippen LogP contribution in [0.3, 0.4) is 0 Å². The molecular formula is C16H20BrNO. The molecule has 1 atom stereocenters. The Bertz CT molecular complexity index is 481. The van der Waals surface area contributed by atoms with Gasteiger partial charge in [0.15, 0.2) is 4.67 Å². The number of furan rings is 1. The van der Waals surface area contributed by atoms with E-state index in [-0.39, 0.29) is 6.04 Å². The maximum Gasteiger partial charge on any atom is 0.169 e. The molecule has 0 fully saturated rings. The number of benzene rings is 1. The Hall–Kier alpha value is -1.06. The molecule has 0 spiro atoms. The first-order chi connectivity index (χ1) is 9.29. The highest BCUT2D eigenvalue weighted by molar-refractivity contribution is 9.10. The first-order valence-electron chi connectivity index (χ1n) is 6.82. The van der Waals surface area contributed by atoms with Crippen LogP contribution < -0.4 is 5.32 Å². The zero-order valence-corrected chi connectivity index (χ0v) is 12.8. The van der Waals surface area contributed by atoms with Crippen molar-refractivity contribution in [2.45, 2.75) is 32.2 Å². The van der Waals surface area contributed by atoms with Gasteiger partial charge in [-0.3, -0.25) is 0 Å². The number of hydrogen-bond acceptors (Lipinski definition) is 2. The molecule has 0 bridgehead atoms. The third-order valence-electron chi connectivity index (χ3n) is 3.14. The fourth-order valence-electron chi connectivity index (χ4n) is 2.13. The van der Waals surface area contributed by atoms with E-state index in [0.29, 0.717) is 0 Å². The molecule has 0 aliphatic heterocycles. The summed E-state index contributed by atoms with van der Waals surface area (Å²) in [4.78, 5) is 0. The van der Waals surface area contributed by atoms with E-state index >= 15 is 0 Å². The van der Waals surface area contributed by atoms with E-state index in [2.05, 4.69) is 58.5 Å². The van der Waals surface area contributed by atoms with Crippen LogP contribution in [0, 0.1) is 0 Å². The molecule has 2 nitrogen and oxygen atoms in total. The summed E-state index contributed by atoms with van der Waals surface area (Å²) in [6.45, 7) is 3.19. The van der Waals surface area contributed by atoms with Crippen molar-refractivity contribution in [2.24, 2.45) is 0 Å². The van der Waals surface area contributed by atoms with Crippen molar-refractivity contribution < 1.29 is 4.42 Å². The molecule has 3 heteroatoms. The van der Waals surface area contributed by atoms with Crippen LogP contribution >= 0.6 is 15.9 Å². The van der Waals surface area contributed by atoms with Gasteiger partial charge in [-0.1, -0.05) is 37.3 Å². The van der Waals surface area contributed by atoms with Gasteiger partial charge in [0, 0.05) is 0 Å². The summed E-state index contributed by atoms with van der Waals surface area (Å²) < 4.78 is 6.48. The molecule has 19 heavy (non-hydrogen) atoms. The zero-order valence-electron chi connectivity index (χ0n) is 11.2. The summed E-state index contributed by atoms with van der Waals surface area (Å²) in [5.74, 6) is 1.01. The Kier molecular flexibility index (Phi) is 5.67. The third kappa shape index (κ3) is 4.51. The van der Waals surface area contributed by atoms with Gasteiger partial charge in [-0.15, -0.1) is 0 Å². The SMILES string of the molecule is CCCNC(CCc1ccccc1)c1ccc(Br)o1. The molecule has 1 aromatic carbocycles. The van der Waals surface area contributed by atoms with Gasteiger partial charge in [0.25, 0.3) is 0 Å². The minimum atomic E-state index is 0.284. The first kappa shape index (κ1) is 14.4. The largest absolute Gasteiger partial charge is 0.453 e. The minimum absolute atomic E-state index is 0.284. The Labute approximate surface area is 123 Å². The Balaban J connectivity index is 1.98. The van der Waals surface area contributed by atoms with Gasteiger partial charge in [0.05, 0.1) is 6.04 Å². The lowest BCUT2D eigenvalue weighted by molar-refractivity contribution is 0.387. The maximum absolute atomic E-state index is 5.69. The molecule has 0 aliphatic rings. The number of aryl methyl sites for hydroxylation is 1. The van der Waals surface area contributed by atoms with Gasteiger partial charge in [-0.2, -0.15) is 0 Å². The van der Waals surface area contributed by atoms with Crippen LogP contribution in [-0.4, -0.2) is 6.54 Å². The van der Waals surface area contributed by atoms with E-state index < -0.39 is 0 Å². The van der Waals surface area contributed by atoms with Crippen LogP contribution in [0.25, 0.3) is 0 Å². The molecule has 102 valence electrons. The smallest absolute Gasteiger partial charge is 0.169 e. The predicted octanol–water partition coefficient (Wildman–Crippen LogP) is 4.72. The minimum Gasteiger partial charge on any atom is -0.453 e. The van der Waals surface area contributed by atoms with Crippen LogP contribution in [0.2, 0.25) is 0 Å². The maximum atomic E-state index is 5.69. The van der Waals surface area contributed by atoms with Crippen molar-refractivity contribution in [2.75, 3.05) is 6.54 Å². The standard InChI is InChI=1S/C16H20BrNO/c1-2-12-18-14(15-10-11-16(17)19-15)9-8-13-6-4-3-5-7-13/h3-7,10-11,14,18H,2,8-9,12H2,1H3. The summed E-state index contributed by atoms with van der Waals surface area (Å²) in [7, 11) is 0. The zero-order chi connectivity index (χ0) is 13.5. The topological polar surface area (TPSA) is 25.2 Å². The number of hydrogen-bond donors (Lipinski definition) is 1. The van der Waals surface area contributed by atoms with Crippen LogP contribution in [0.15, 0.2) is 51.6 Å². The Morgan fingerprint density at radius 2 is 1.95 bits per heavy atom. The monoisotopic (exact) mass is 321 g/mol. The highest BCUT2D eigenvalue weighted by atomic mass is 79.9. The lowest BCUT2D eigenvalue weighted by atomic mass is 10.0. The normalized spacial score (nSPS) is 12.5. The van der Waals surface area contributed by atoms with Crippen LogP contribution in [0.5, 0.6) is 0 Å². The molecule has 0 amide bonds. The average Bonchev–Trinajstić information content (AvgIpc) is 2.86. The third-order valence-corrected chi connectivity index (χ3v) is 3.57. The molecular weight excluding hydrogens is 302 g/mol. The molecule has 1 N–H and O–H groups in total. The highest BCUT2D eigenvalue weighted by Gasteiger charge is 2.14. The summed E-state index contributed by atoms with van der Waals surface area (Å²) in [6, 6.07) is 14.9. The number of nitrogens with one attached hydrogen (secondary N) is 1. The molecule has 1 heterocycles. The molecule has 1 unspecified atom stereocenters. The van der Waals surface area contributed by atoms with E-state index in [1.807, 2.05) is 12.1 Å². The van der Waals surface area contributed by atoms with Crippen molar-refractivity contribution in [3.63, 3.8) is 0 Å². The van der Waals surface area contributed by atoms with Crippen molar-refractivity contribution in [1.29, 1.82) is 0 Å². The summed E-state index contributed by atoms with van der Waals surface area (Å²) in [6.07, 6.45) is 3.23. The van der Waals surface area contributed by atoms with E-state index in [9.17, 15) is 0 Å². The van der Waals surface area contributed by atoms with E-state index in [1.165, 1.54) is 5.56 Å². The van der Waals surface area contributed by atoms with Crippen LogP contribution in [-0.2, 0) is 6.42 Å². The molecule has 1 aromatic heterocycles. The van der Waals surface area contributed by atoms with Crippen molar-refractivity contribution in [1.82, 2.24) is 5.32 Å². The van der Waals surface area contributed by atoms with E-state index in [1.54, 1.807) is 0 Å². The van der Waals surface area contributed by atoms with E-state index in [4.69, 9.17) is 4.42 Å². The fourth-order valence-corrected chi connectivity index (χ4v) is 2.45. The van der Waals surface area contributed by atoms with E-state index in [0.717, 1.165) is 36.2 Å². The lowest BCUT2D eigenvalue weighted by Gasteiger charge is -2.16. The number of halogens is 1. The molecule has 0 radical (unpaired) electrons. The second kappa shape index (κ2) is 7.51. The summed E-state index contributed by atoms with van der Waals surface area (Å²) in [5.41, 5.74) is 1.37. The second-order valence-corrected chi connectivity index (χ2v) is 5.45. The quantitative estimate of drug-likeness (QED) is 0.798. The van der Waals surface area contributed by atoms with Crippen molar-refractivity contribution in [3.8, 4) is 0 Å². The fraction of sp³-hybridized carbons (Fsp3) is 0.375. The molecule has 0 saturated heterocycles. The molecule has 0 saturated carbocycles. The molecule has 0 aliphatic carbocycles. The van der Waals surface area contributed by atoms with Gasteiger partial charge in [-0.25, -0.2) is 0 Å². The van der Waals surface area contributed by atoms with Crippen LogP contribution in [0.1, 0.15) is 37.1 Å². The van der Waals surface area contributed by atoms with Crippen molar-refractivity contribution >= 4 is 15.9 Å². The summed E-state index contributed by atoms with van der Waals surface area (Å²) >= 11 is 3.37. The predicted molar refractivity (Wildman–Crippen MR) is 82.2 cm³/mol. The van der Waals surface area contributed by atoms with Gasteiger partial charge in [-0.05, 0) is 59.4 Å². The first-order valence-corrected chi connectivity index (χ1v) is 7.61. The van der Waals surface area contributed by atoms with Crippen LogP contribution in [0.4, 0.5) is 0 Å².